The van der Waals surface area contributed by atoms with Crippen molar-refractivity contribution in [2.75, 3.05) is 12.4 Å². The van der Waals surface area contributed by atoms with E-state index in [0.29, 0.717) is 6.61 Å². The van der Waals surface area contributed by atoms with E-state index in [4.69, 9.17) is 4.74 Å². The molecule has 1 aliphatic rings. The van der Waals surface area contributed by atoms with Gasteiger partial charge in [0, 0.05) is 5.75 Å². The molecule has 0 N–H and O–H groups in total. The smallest absolute Gasteiger partial charge is 0.331 e. The number of aliphatic imine (C=N–C) groups is 1. The largest absolute Gasteiger partial charge is 0.464 e. The Kier molecular flexibility index (Phi) is 2.93. The summed E-state index contributed by atoms with van der Waals surface area (Å²) in [6.07, 6.45) is 0. The van der Waals surface area contributed by atoms with Gasteiger partial charge in [0.25, 0.3) is 0 Å². The maximum absolute atomic E-state index is 11.0. The van der Waals surface area contributed by atoms with E-state index in [9.17, 15) is 4.79 Å². The Morgan fingerprint density at radius 1 is 1.91 bits per heavy atom. The summed E-state index contributed by atoms with van der Waals surface area (Å²) in [6, 6.07) is -0.250. The number of hydrogen-bond donors (Lipinski definition) is 0. The van der Waals surface area contributed by atoms with Crippen molar-refractivity contribution in [2.24, 2.45) is 4.99 Å². The molecule has 0 aromatic carbocycles. The molecule has 0 amide bonds. The quantitative estimate of drug-likeness (QED) is 0.586. The summed E-state index contributed by atoms with van der Waals surface area (Å²) in [7, 11) is 0. The summed E-state index contributed by atoms with van der Waals surface area (Å²) in [5.41, 5.74) is 0. The molecule has 1 atom stereocenters. The van der Waals surface area contributed by atoms with Crippen molar-refractivity contribution in [3.63, 3.8) is 0 Å². The Morgan fingerprint density at radius 2 is 2.64 bits per heavy atom. The van der Waals surface area contributed by atoms with Gasteiger partial charge < -0.3 is 4.74 Å². The zero-order valence-corrected chi connectivity index (χ0v) is 7.48. The molecule has 0 unspecified atom stereocenters. The molecule has 3 nitrogen and oxygen atoms in total. The van der Waals surface area contributed by atoms with Gasteiger partial charge >= 0.3 is 5.97 Å². The molecule has 0 bridgehead atoms. The molecule has 0 spiro atoms. The minimum atomic E-state index is -0.250. The van der Waals surface area contributed by atoms with Crippen molar-refractivity contribution in [1.29, 1.82) is 0 Å². The van der Waals surface area contributed by atoms with Gasteiger partial charge in [-0.1, -0.05) is 0 Å². The van der Waals surface area contributed by atoms with Crippen LogP contribution in [0.25, 0.3) is 0 Å². The van der Waals surface area contributed by atoms with Gasteiger partial charge in [-0.25, -0.2) is 4.79 Å². The van der Waals surface area contributed by atoms with E-state index in [1.54, 1.807) is 18.7 Å². The molecule has 0 fully saturated rings. The lowest BCUT2D eigenvalue weighted by molar-refractivity contribution is -0.143. The Hall–Kier alpha value is -0.510. The molecule has 1 heterocycles. The first-order chi connectivity index (χ1) is 5.24. The monoisotopic (exact) mass is 173 g/mol. The molecule has 62 valence electrons. The zero-order chi connectivity index (χ0) is 8.27. The van der Waals surface area contributed by atoms with Crippen LogP contribution >= 0.6 is 11.8 Å². The van der Waals surface area contributed by atoms with Crippen molar-refractivity contribution in [3.05, 3.63) is 0 Å². The summed E-state index contributed by atoms with van der Waals surface area (Å²) in [4.78, 5) is 15.2. The number of thioether (sulfide) groups is 1. The lowest BCUT2D eigenvalue weighted by Gasteiger charge is -2.03. The second-order valence-electron chi connectivity index (χ2n) is 2.23. The fourth-order valence-corrected chi connectivity index (χ4v) is 1.66. The maximum atomic E-state index is 11.0. The third-order valence-electron chi connectivity index (χ3n) is 1.35. The third kappa shape index (κ3) is 2.22. The third-order valence-corrected chi connectivity index (χ3v) is 2.35. The van der Waals surface area contributed by atoms with Crippen LogP contribution in [-0.2, 0) is 9.53 Å². The fourth-order valence-electron chi connectivity index (χ4n) is 0.853. The lowest BCUT2D eigenvalue weighted by Crippen LogP contribution is -2.21. The first kappa shape index (κ1) is 8.59. The van der Waals surface area contributed by atoms with Gasteiger partial charge in [-0.3, -0.25) is 4.99 Å². The van der Waals surface area contributed by atoms with Crippen LogP contribution in [-0.4, -0.2) is 29.4 Å². The molecule has 0 radical (unpaired) electrons. The predicted octanol–water partition coefficient (Wildman–Crippen LogP) is 1.08. The van der Waals surface area contributed by atoms with E-state index in [1.807, 2.05) is 6.92 Å². The Morgan fingerprint density at radius 3 is 3.09 bits per heavy atom. The second kappa shape index (κ2) is 3.76. The standard InChI is InChI=1S/C7H11NO2S/c1-3-10-7(9)6-4-11-5(2)8-6/h6H,3-4H2,1-2H3/t6-/m1/s1. The minimum absolute atomic E-state index is 0.197. The van der Waals surface area contributed by atoms with Crippen molar-refractivity contribution in [3.8, 4) is 0 Å². The molecule has 11 heavy (non-hydrogen) atoms. The normalized spacial score (nSPS) is 23.1. The van der Waals surface area contributed by atoms with Gasteiger partial charge in [-0.15, -0.1) is 11.8 Å². The summed E-state index contributed by atoms with van der Waals surface area (Å²) >= 11 is 1.61. The predicted molar refractivity (Wildman–Crippen MR) is 46.0 cm³/mol. The van der Waals surface area contributed by atoms with E-state index < -0.39 is 0 Å². The van der Waals surface area contributed by atoms with Crippen molar-refractivity contribution in [2.45, 2.75) is 19.9 Å². The van der Waals surface area contributed by atoms with Crippen molar-refractivity contribution < 1.29 is 9.53 Å². The Balaban J connectivity index is 2.43. The highest BCUT2D eigenvalue weighted by molar-refractivity contribution is 8.14. The van der Waals surface area contributed by atoms with Gasteiger partial charge in [0.15, 0.2) is 6.04 Å². The van der Waals surface area contributed by atoms with Gasteiger partial charge in [0.1, 0.15) is 0 Å². The number of esters is 1. The zero-order valence-electron chi connectivity index (χ0n) is 6.66. The van der Waals surface area contributed by atoms with Crippen LogP contribution in [0, 0.1) is 0 Å². The number of carbonyl (C=O) groups is 1. The topological polar surface area (TPSA) is 38.7 Å². The molecule has 0 saturated heterocycles. The van der Waals surface area contributed by atoms with Crippen LogP contribution in [0.2, 0.25) is 0 Å². The maximum Gasteiger partial charge on any atom is 0.331 e. The first-order valence-electron chi connectivity index (χ1n) is 3.58. The van der Waals surface area contributed by atoms with Crippen LogP contribution in [0.5, 0.6) is 0 Å². The molecule has 1 rings (SSSR count). The molecular weight excluding hydrogens is 162 g/mol. The van der Waals surface area contributed by atoms with Crippen LogP contribution in [0.1, 0.15) is 13.8 Å². The summed E-state index contributed by atoms with van der Waals surface area (Å²) in [5, 5.41) is 0.975. The number of rotatable bonds is 2. The van der Waals surface area contributed by atoms with E-state index in [1.165, 1.54) is 0 Å². The van der Waals surface area contributed by atoms with Crippen LogP contribution in [0.3, 0.4) is 0 Å². The number of ether oxygens (including phenoxy) is 1. The summed E-state index contributed by atoms with van der Waals surface area (Å²) < 4.78 is 4.81. The van der Waals surface area contributed by atoms with E-state index in [2.05, 4.69) is 4.99 Å². The van der Waals surface area contributed by atoms with Crippen LogP contribution < -0.4 is 0 Å². The van der Waals surface area contributed by atoms with Gasteiger partial charge in [0.2, 0.25) is 0 Å². The van der Waals surface area contributed by atoms with Crippen molar-refractivity contribution in [1.82, 2.24) is 0 Å². The van der Waals surface area contributed by atoms with Gasteiger partial charge in [-0.2, -0.15) is 0 Å². The lowest BCUT2D eigenvalue weighted by atomic mass is 10.4. The number of hydrogen-bond acceptors (Lipinski definition) is 4. The number of carbonyl (C=O) groups excluding carboxylic acids is 1. The molecule has 0 aromatic rings. The molecule has 4 heteroatoms. The second-order valence-corrected chi connectivity index (χ2v) is 3.44. The van der Waals surface area contributed by atoms with E-state index in [0.717, 1.165) is 10.8 Å². The number of nitrogens with zero attached hydrogens (tertiary/aromatic N) is 1. The van der Waals surface area contributed by atoms with E-state index >= 15 is 0 Å². The highest BCUT2D eigenvalue weighted by Gasteiger charge is 2.23. The van der Waals surface area contributed by atoms with Gasteiger partial charge in [0.05, 0.1) is 11.7 Å². The van der Waals surface area contributed by atoms with Crippen molar-refractivity contribution >= 4 is 22.8 Å². The molecule has 1 aliphatic heterocycles. The summed E-state index contributed by atoms with van der Waals surface area (Å²) in [5.74, 6) is 0.543. The van der Waals surface area contributed by atoms with Crippen LogP contribution in [0.4, 0.5) is 0 Å². The molecule has 0 saturated carbocycles. The Bertz CT molecular complexity index is 191. The van der Waals surface area contributed by atoms with E-state index in [-0.39, 0.29) is 12.0 Å². The van der Waals surface area contributed by atoms with Gasteiger partial charge in [-0.05, 0) is 13.8 Å². The molecular formula is C7H11NO2S. The molecule has 0 aliphatic carbocycles. The highest BCUT2D eigenvalue weighted by atomic mass is 32.2. The average Bonchev–Trinajstić information content (AvgIpc) is 2.36. The highest BCUT2D eigenvalue weighted by Crippen LogP contribution is 2.18. The SMILES string of the molecule is CCOC(=O)[C@H]1CSC(C)=N1. The Labute approximate surface area is 70.2 Å². The fraction of sp³-hybridized carbons (Fsp3) is 0.714. The first-order valence-corrected chi connectivity index (χ1v) is 4.56. The average molecular weight is 173 g/mol. The summed E-state index contributed by atoms with van der Waals surface area (Å²) in [6.45, 7) is 4.15. The molecule has 0 aromatic heterocycles. The van der Waals surface area contributed by atoms with Crippen LogP contribution in [0.15, 0.2) is 4.99 Å². The minimum Gasteiger partial charge on any atom is -0.464 e.